The molecule has 1 N–H and O–H groups in total. The van der Waals surface area contributed by atoms with Crippen molar-refractivity contribution in [3.8, 4) is 5.75 Å². The number of anilines is 2. The Hall–Kier alpha value is -3.06. The molecule has 0 bridgehead atoms. The summed E-state index contributed by atoms with van der Waals surface area (Å²) in [6.07, 6.45) is 0.838. The van der Waals surface area contributed by atoms with E-state index in [1.165, 1.54) is 0 Å². The fourth-order valence-electron chi connectivity index (χ4n) is 3.54. The van der Waals surface area contributed by atoms with Crippen LogP contribution in [0.25, 0.3) is 11.1 Å². The highest BCUT2D eigenvalue weighted by Crippen LogP contribution is 2.28. The second kappa shape index (κ2) is 6.83. The van der Waals surface area contributed by atoms with Gasteiger partial charge in [0, 0.05) is 37.2 Å². The Labute approximate surface area is 162 Å². The minimum atomic E-state index is -0.153. The fourth-order valence-corrected chi connectivity index (χ4v) is 3.54. The third-order valence-corrected chi connectivity index (χ3v) is 5.15. The molecule has 144 valence electrons. The van der Waals surface area contributed by atoms with E-state index in [0.29, 0.717) is 40.9 Å². The summed E-state index contributed by atoms with van der Waals surface area (Å²) in [5.74, 6) is 1.23. The third-order valence-electron chi connectivity index (χ3n) is 5.15. The van der Waals surface area contributed by atoms with Crippen LogP contribution in [-0.4, -0.2) is 44.3 Å². The van der Waals surface area contributed by atoms with E-state index in [4.69, 9.17) is 13.9 Å². The van der Waals surface area contributed by atoms with E-state index in [9.17, 15) is 4.79 Å². The van der Waals surface area contributed by atoms with Crippen LogP contribution in [-0.2, 0) is 11.2 Å². The smallest absolute Gasteiger partial charge is 0.298 e. The lowest BCUT2D eigenvalue weighted by Gasteiger charge is -2.29. The molecular weight excluding hydrogens is 358 g/mol. The Balaban J connectivity index is 1.32. The van der Waals surface area contributed by atoms with Crippen molar-refractivity contribution in [2.45, 2.75) is 6.42 Å². The minimum Gasteiger partial charge on any atom is -0.493 e. The summed E-state index contributed by atoms with van der Waals surface area (Å²) in [6, 6.07) is 11.6. The van der Waals surface area contributed by atoms with Crippen LogP contribution in [0.4, 0.5) is 11.7 Å². The normalized spacial score (nSPS) is 15.8. The van der Waals surface area contributed by atoms with Crippen LogP contribution in [0, 0.1) is 5.92 Å². The topological polar surface area (TPSA) is 76.8 Å². The van der Waals surface area contributed by atoms with Gasteiger partial charge in [0.15, 0.2) is 5.58 Å². The van der Waals surface area contributed by atoms with Crippen molar-refractivity contribution in [2.24, 2.45) is 5.92 Å². The monoisotopic (exact) mass is 379 g/mol. The minimum absolute atomic E-state index is 0.153. The summed E-state index contributed by atoms with van der Waals surface area (Å²) in [5, 5.41) is 2.94. The van der Waals surface area contributed by atoms with Gasteiger partial charge in [0.1, 0.15) is 11.3 Å². The molecule has 7 nitrogen and oxygen atoms in total. The van der Waals surface area contributed by atoms with Crippen LogP contribution in [0.2, 0.25) is 0 Å². The quantitative estimate of drug-likeness (QED) is 0.734. The van der Waals surface area contributed by atoms with Gasteiger partial charge in [-0.3, -0.25) is 4.79 Å². The van der Waals surface area contributed by atoms with Gasteiger partial charge < -0.3 is 24.1 Å². The van der Waals surface area contributed by atoms with Crippen molar-refractivity contribution in [3.63, 3.8) is 0 Å². The third kappa shape index (κ3) is 3.18. The first-order valence-corrected chi connectivity index (χ1v) is 9.42. The first-order chi connectivity index (χ1) is 13.7. The average Bonchev–Trinajstić information content (AvgIpc) is 3.30. The number of hydrogen-bond donors (Lipinski definition) is 1. The summed E-state index contributed by atoms with van der Waals surface area (Å²) >= 11 is 0. The van der Waals surface area contributed by atoms with Crippen LogP contribution in [0.5, 0.6) is 5.75 Å². The van der Waals surface area contributed by atoms with Crippen LogP contribution in [0.15, 0.2) is 40.8 Å². The maximum atomic E-state index is 12.6. The van der Waals surface area contributed by atoms with E-state index >= 15 is 0 Å². The molecule has 1 amide bonds. The van der Waals surface area contributed by atoms with Crippen LogP contribution >= 0.6 is 0 Å². The number of nitrogens with zero attached hydrogens (tertiary/aromatic N) is 2. The van der Waals surface area contributed by atoms with Crippen LogP contribution in [0.3, 0.4) is 0 Å². The lowest BCUT2D eigenvalue weighted by Crippen LogP contribution is -2.37. The van der Waals surface area contributed by atoms with Crippen molar-refractivity contribution in [2.75, 3.05) is 43.6 Å². The van der Waals surface area contributed by atoms with E-state index in [2.05, 4.69) is 10.3 Å². The Morgan fingerprint density at radius 1 is 1.25 bits per heavy atom. The largest absolute Gasteiger partial charge is 0.493 e. The molecule has 0 atom stereocenters. The highest BCUT2D eigenvalue weighted by Gasteiger charge is 2.22. The molecule has 0 saturated carbocycles. The fraction of sp³-hybridized carbons (Fsp3) is 0.333. The number of fused-ring (bicyclic) bond motifs is 2. The summed E-state index contributed by atoms with van der Waals surface area (Å²) in [5.41, 5.74) is 3.78. The van der Waals surface area contributed by atoms with Gasteiger partial charge in [-0.15, -0.1) is 0 Å². The summed E-state index contributed by atoms with van der Waals surface area (Å²) in [7, 11) is 1.96. The molecule has 0 radical (unpaired) electrons. The van der Waals surface area contributed by atoms with Crippen LogP contribution < -0.4 is 15.0 Å². The lowest BCUT2D eigenvalue weighted by atomic mass is 10.1. The predicted octanol–water partition coefficient (Wildman–Crippen LogP) is 3.10. The molecule has 3 aromatic rings. The van der Waals surface area contributed by atoms with Crippen molar-refractivity contribution < 1.29 is 18.7 Å². The van der Waals surface area contributed by atoms with Crippen molar-refractivity contribution >= 4 is 28.7 Å². The van der Waals surface area contributed by atoms with Crippen molar-refractivity contribution in [1.29, 1.82) is 0 Å². The van der Waals surface area contributed by atoms with Gasteiger partial charge >= 0.3 is 0 Å². The van der Waals surface area contributed by atoms with Gasteiger partial charge in [-0.25, -0.2) is 0 Å². The SMILES string of the molecule is CN(CC1COC1)c1nc2cc(NC(=O)c3ccc4c(c3)CCO4)ccc2o1. The second-order valence-electron chi connectivity index (χ2n) is 7.34. The molecule has 2 aromatic carbocycles. The number of amides is 1. The number of carbonyl (C=O) groups excluding carboxylic acids is 1. The summed E-state index contributed by atoms with van der Waals surface area (Å²) in [4.78, 5) is 19.2. The molecule has 5 rings (SSSR count). The molecule has 1 fully saturated rings. The molecule has 2 aliphatic rings. The number of rotatable bonds is 5. The van der Waals surface area contributed by atoms with Gasteiger partial charge in [-0.1, -0.05) is 0 Å². The van der Waals surface area contributed by atoms with Gasteiger partial charge in [0.25, 0.3) is 11.9 Å². The molecule has 7 heteroatoms. The van der Waals surface area contributed by atoms with Gasteiger partial charge in [0.2, 0.25) is 0 Å². The van der Waals surface area contributed by atoms with E-state index in [-0.39, 0.29) is 5.91 Å². The molecule has 0 aliphatic carbocycles. The number of benzene rings is 2. The maximum absolute atomic E-state index is 12.6. The Morgan fingerprint density at radius 2 is 2.14 bits per heavy atom. The van der Waals surface area contributed by atoms with E-state index < -0.39 is 0 Å². The Morgan fingerprint density at radius 3 is 2.96 bits per heavy atom. The zero-order chi connectivity index (χ0) is 19.1. The van der Waals surface area contributed by atoms with Gasteiger partial charge in [0.05, 0.1) is 19.8 Å². The molecule has 0 spiro atoms. The van der Waals surface area contributed by atoms with E-state index in [1.54, 1.807) is 6.07 Å². The maximum Gasteiger partial charge on any atom is 0.298 e. The van der Waals surface area contributed by atoms with Crippen LogP contribution in [0.1, 0.15) is 15.9 Å². The second-order valence-corrected chi connectivity index (χ2v) is 7.34. The number of oxazole rings is 1. The Kier molecular flexibility index (Phi) is 4.16. The molecule has 28 heavy (non-hydrogen) atoms. The number of aromatic nitrogens is 1. The number of carbonyl (C=O) groups is 1. The highest BCUT2D eigenvalue weighted by atomic mass is 16.5. The Bertz CT molecular complexity index is 1040. The molecule has 0 unspecified atom stereocenters. The zero-order valence-corrected chi connectivity index (χ0v) is 15.6. The zero-order valence-electron chi connectivity index (χ0n) is 15.6. The van der Waals surface area contributed by atoms with Gasteiger partial charge in [-0.2, -0.15) is 4.98 Å². The van der Waals surface area contributed by atoms with Gasteiger partial charge in [-0.05, 0) is 42.0 Å². The summed E-state index contributed by atoms with van der Waals surface area (Å²) < 4.78 is 16.6. The standard InChI is InChI=1S/C21H21N3O4/c1-24(10-13-11-26-12-13)21-23-17-9-16(3-5-19(17)28-21)22-20(25)15-2-4-18-14(8-15)6-7-27-18/h2-5,8-9,13H,6-7,10-12H2,1H3,(H,22,25). The van der Waals surface area contributed by atoms with Crippen molar-refractivity contribution in [1.82, 2.24) is 4.98 Å². The first-order valence-electron chi connectivity index (χ1n) is 9.42. The number of ether oxygens (including phenoxy) is 2. The predicted molar refractivity (Wildman–Crippen MR) is 105 cm³/mol. The number of hydrogen-bond acceptors (Lipinski definition) is 6. The van der Waals surface area contributed by atoms with Crippen molar-refractivity contribution in [3.05, 3.63) is 47.5 Å². The average molecular weight is 379 g/mol. The van der Waals surface area contributed by atoms with E-state index in [0.717, 1.165) is 37.5 Å². The first kappa shape index (κ1) is 17.1. The highest BCUT2D eigenvalue weighted by molar-refractivity contribution is 6.05. The van der Waals surface area contributed by atoms with E-state index in [1.807, 2.05) is 42.3 Å². The number of nitrogens with one attached hydrogen (secondary N) is 1. The lowest BCUT2D eigenvalue weighted by molar-refractivity contribution is -0.0275. The molecule has 1 aromatic heterocycles. The summed E-state index contributed by atoms with van der Waals surface area (Å²) in [6.45, 7) is 3.09. The molecule has 1 saturated heterocycles. The molecular formula is C21H21N3O4. The molecule has 2 aliphatic heterocycles. The molecule has 3 heterocycles.